The Morgan fingerprint density at radius 3 is 2.28 bits per heavy atom. The first-order valence-corrected chi connectivity index (χ1v) is 7.87. The number of hydrogen-bond acceptors (Lipinski definition) is 3. The number of nitrogens with zero attached hydrogens (tertiary/aromatic N) is 1. The number of nitrogens with one attached hydrogen (secondary N) is 1. The molecule has 0 aromatic carbocycles. The van der Waals surface area contributed by atoms with Gasteiger partial charge in [0, 0.05) is 37.3 Å². The van der Waals surface area contributed by atoms with Crippen LogP contribution >= 0.6 is 0 Å². The first kappa shape index (κ1) is 14.3. The van der Waals surface area contributed by atoms with Crippen molar-refractivity contribution in [2.45, 2.75) is 76.4 Å². The van der Waals surface area contributed by atoms with Gasteiger partial charge in [-0.15, -0.1) is 0 Å². The average molecular weight is 253 g/mol. The summed E-state index contributed by atoms with van der Waals surface area (Å²) in [6.45, 7) is 7.80. The Morgan fingerprint density at radius 1 is 1.17 bits per heavy atom. The van der Waals surface area contributed by atoms with E-state index >= 15 is 0 Å². The van der Waals surface area contributed by atoms with Gasteiger partial charge in [0.2, 0.25) is 0 Å². The zero-order chi connectivity index (χ0) is 13.0. The molecule has 3 heteroatoms. The van der Waals surface area contributed by atoms with Crippen molar-refractivity contribution in [2.24, 2.45) is 5.73 Å². The van der Waals surface area contributed by atoms with Crippen molar-refractivity contribution in [3.05, 3.63) is 0 Å². The molecule has 2 aliphatic rings. The van der Waals surface area contributed by atoms with Crippen LogP contribution < -0.4 is 11.1 Å². The fourth-order valence-electron chi connectivity index (χ4n) is 3.56. The monoisotopic (exact) mass is 253 g/mol. The van der Waals surface area contributed by atoms with Gasteiger partial charge in [-0.05, 0) is 39.5 Å². The van der Waals surface area contributed by atoms with E-state index in [0.29, 0.717) is 6.04 Å². The summed E-state index contributed by atoms with van der Waals surface area (Å²) < 4.78 is 0. The summed E-state index contributed by atoms with van der Waals surface area (Å²) in [6, 6.07) is 1.41. The lowest BCUT2D eigenvalue weighted by Crippen LogP contribution is -2.61. The summed E-state index contributed by atoms with van der Waals surface area (Å²) in [7, 11) is 0. The van der Waals surface area contributed by atoms with Gasteiger partial charge < -0.3 is 16.0 Å². The summed E-state index contributed by atoms with van der Waals surface area (Å²) in [5.41, 5.74) is 6.33. The highest BCUT2D eigenvalue weighted by Gasteiger charge is 2.35. The Bertz CT molecular complexity index is 238. The molecule has 0 radical (unpaired) electrons. The SMILES string of the molecule is CC(C)N1CCC(CN)(NC2CCCCC2)CC1. The second-order valence-corrected chi connectivity index (χ2v) is 6.59. The summed E-state index contributed by atoms with van der Waals surface area (Å²) in [4.78, 5) is 2.58. The summed E-state index contributed by atoms with van der Waals surface area (Å²) >= 11 is 0. The van der Waals surface area contributed by atoms with Gasteiger partial charge in [-0.1, -0.05) is 19.3 Å². The first-order chi connectivity index (χ1) is 8.65. The fourth-order valence-corrected chi connectivity index (χ4v) is 3.56. The van der Waals surface area contributed by atoms with Crippen molar-refractivity contribution in [3.8, 4) is 0 Å². The molecule has 1 aliphatic heterocycles. The molecule has 2 rings (SSSR count). The zero-order valence-corrected chi connectivity index (χ0v) is 12.3. The number of nitrogens with two attached hydrogens (primary N) is 1. The quantitative estimate of drug-likeness (QED) is 0.806. The van der Waals surface area contributed by atoms with Crippen LogP contribution in [0, 0.1) is 0 Å². The van der Waals surface area contributed by atoms with Crippen LogP contribution in [0.1, 0.15) is 58.8 Å². The maximum Gasteiger partial charge on any atom is 0.0330 e. The fraction of sp³-hybridized carbons (Fsp3) is 1.00. The van der Waals surface area contributed by atoms with E-state index in [1.54, 1.807) is 0 Å². The Balaban J connectivity index is 1.87. The summed E-state index contributed by atoms with van der Waals surface area (Å²) in [6.07, 6.45) is 9.38. The molecular formula is C15H31N3. The van der Waals surface area contributed by atoms with Crippen LogP contribution in [0.4, 0.5) is 0 Å². The lowest BCUT2D eigenvalue weighted by atomic mass is 9.84. The molecule has 1 aliphatic carbocycles. The van der Waals surface area contributed by atoms with Crippen molar-refractivity contribution in [2.75, 3.05) is 19.6 Å². The standard InChI is InChI=1S/C15H31N3/c1-13(2)18-10-8-15(12-16,9-11-18)17-14-6-4-3-5-7-14/h13-14,17H,3-12,16H2,1-2H3. The number of likely N-dealkylation sites (tertiary alicyclic amines) is 1. The van der Waals surface area contributed by atoms with Crippen LogP contribution in [0.15, 0.2) is 0 Å². The maximum absolute atomic E-state index is 6.10. The normalized spacial score (nSPS) is 26.7. The smallest absolute Gasteiger partial charge is 0.0330 e. The minimum absolute atomic E-state index is 0.230. The molecule has 106 valence electrons. The summed E-state index contributed by atoms with van der Waals surface area (Å²) in [5, 5.41) is 3.93. The Labute approximate surface area is 112 Å². The van der Waals surface area contributed by atoms with Gasteiger partial charge in [0.1, 0.15) is 0 Å². The van der Waals surface area contributed by atoms with Crippen LogP contribution in [0.2, 0.25) is 0 Å². The lowest BCUT2D eigenvalue weighted by molar-refractivity contribution is 0.101. The van der Waals surface area contributed by atoms with Crippen LogP contribution in [-0.2, 0) is 0 Å². The van der Waals surface area contributed by atoms with Gasteiger partial charge in [0.25, 0.3) is 0 Å². The largest absolute Gasteiger partial charge is 0.329 e. The van der Waals surface area contributed by atoms with Gasteiger partial charge in [0.05, 0.1) is 0 Å². The van der Waals surface area contributed by atoms with Gasteiger partial charge in [0.15, 0.2) is 0 Å². The molecular weight excluding hydrogens is 222 g/mol. The van der Waals surface area contributed by atoms with E-state index in [-0.39, 0.29) is 5.54 Å². The average Bonchev–Trinajstić information content (AvgIpc) is 2.40. The Morgan fingerprint density at radius 2 is 1.78 bits per heavy atom. The molecule has 0 aromatic heterocycles. The third kappa shape index (κ3) is 3.46. The number of rotatable bonds is 4. The molecule has 0 atom stereocenters. The summed E-state index contributed by atoms with van der Waals surface area (Å²) in [5.74, 6) is 0. The molecule has 1 heterocycles. The van der Waals surface area contributed by atoms with Crippen LogP contribution in [0.3, 0.4) is 0 Å². The molecule has 1 saturated heterocycles. The third-order valence-corrected chi connectivity index (χ3v) is 4.99. The van der Waals surface area contributed by atoms with Gasteiger partial charge in [-0.2, -0.15) is 0 Å². The molecule has 1 saturated carbocycles. The second-order valence-electron chi connectivity index (χ2n) is 6.59. The number of piperidine rings is 1. The van der Waals surface area contributed by atoms with Crippen molar-refractivity contribution in [1.29, 1.82) is 0 Å². The van der Waals surface area contributed by atoms with Gasteiger partial charge in [-0.3, -0.25) is 0 Å². The predicted octanol–water partition coefficient (Wildman–Crippen LogP) is 2.11. The van der Waals surface area contributed by atoms with E-state index in [4.69, 9.17) is 5.73 Å². The predicted molar refractivity (Wildman–Crippen MR) is 77.7 cm³/mol. The minimum atomic E-state index is 0.230. The molecule has 0 spiro atoms. The molecule has 3 N–H and O–H groups in total. The van der Waals surface area contributed by atoms with E-state index < -0.39 is 0 Å². The van der Waals surface area contributed by atoms with Crippen LogP contribution in [0.5, 0.6) is 0 Å². The topological polar surface area (TPSA) is 41.3 Å². The molecule has 3 nitrogen and oxygen atoms in total. The van der Waals surface area contributed by atoms with E-state index in [9.17, 15) is 0 Å². The van der Waals surface area contributed by atoms with E-state index in [0.717, 1.165) is 12.6 Å². The molecule has 0 amide bonds. The first-order valence-electron chi connectivity index (χ1n) is 7.87. The minimum Gasteiger partial charge on any atom is -0.329 e. The Hall–Kier alpha value is -0.120. The van der Waals surface area contributed by atoms with E-state index in [2.05, 4.69) is 24.1 Å². The second kappa shape index (κ2) is 6.36. The molecule has 0 bridgehead atoms. The zero-order valence-electron chi connectivity index (χ0n) is 12.3. The molecule has 18 heavy (non-hydrogen) atoms. The van der Waals surface area contributed by atoms with Crippen LogP contribution in [-0.4, -0.2) is 42.2 Å². The van der Waals surface area contributed by atoms with E-state index in [1.165, 1.54) is 58.0 Å². The highest BCUT2D eigenvalue weighted by Crippen LogP contribution is 2.26. The van der Waals surface area contributed by atoms with E-state index in [1.807, 2.05) is 0 Å². The molecule has 0 unspecified atom stereocenters. The highest BCUT2D eigenvalue weighted by molar-refractivity contribution is 4.97. The van der Waals surface area contributed by atoms with Crippen molar-refractivity contribution in [1.82, 2.24) is 10.2 Å². The Kier molecular flexibility index (Phi) is 5.05. The highest BCUT2D eigenvalue weighted by atomic mass is 15.2. The lowest BCUT2D eigenvalue weighted by Gasteiger charge is -2.45. The van der Waals surface area contributed by atoms with Gasteiger partial charge >= 0.3 is 0 Å². The van der Waals surface area contributed by atoms with Gasteiger partial charge in [-0.25, -0.2) is 0 Å². The van der Waals surface area contributed by atoms with Crippen molar-refractivity contribution < 1.29 is 0 Å². The molecule has 2 fully saturated rings. The third-order valence-electron chi connectivity index (χ3n) is 4.99. The van der Waals surface area contributed by atoms with Crippen molar-refractivity contribution >= 4 is 0 Å². The molecule has 0 aromatic rings. The van der Waals surface area contributed by atoms with Crippen molar-refractivity contribution in [3.63, 3.8) is 0 Å². The maximum atomic E-state index is 6.10. The number of hydrogen-bond donors (Lipinski definition) is 2. The van der Waals surface area contributed by atoms with Crippen LogP contribution in [0.25, 0.3) is 0 Å².